The summed E-state index contributed by atoms with van der Waals surface area (Å²) in [6, 6.07) is 0.261. The van der Waals surface area contributed by atoms with Crippen LogP contribution < -0.4 is 5.73 Å². The zero-order valence-corrected chi connectivity index (χ0v) is 8.28. The number of rotatable bonds is 1. The van der Waals surface area contributed by atoms with E-state index >= 15 is 0 Å². The molecule has 0 spiro atoms. The molecule has 1 saturated carbocycles. The lowest BCUT2D eigenvalue weighted by Crippen LogP contribution is -2.06. The van der Waals surface area contributed by atoms with E-state index in [1.165, 1.54) is 5.56 Å². The lowest BCUT2D eigenvalue weighted by atomic mass is 10.0. The first-order valence-corrected chi connectivity index (χ1v) is 4.57. The van der Waals surface area contributed by atoms with Crippen molar-refractivity contribution < 1.29 is 0 Å². The van der Waals surface area contributed by atoms with Crippen molar-refractivity contribution in [1.82, 2.24) is 9.97 Å². The summed E-state index contributed by atoms with van der Waals surface area (Å²) in [5.41, 5.74) is 8.47. The Bertz CT molecular complexity index is 333. The third kappa shape index (κ3) is 1.15. The van der Waals surface area contributed by atoms with Gasteiger partial charge in [-0.25, -0.2) is 9.97 Å². The van der Waals surface area contributed by atoms with Gasteiger partial charge in [0, 0.05) is 23.9 Å². The molecule has 0 saturated heterocycles. The average Bonchev–Trinajstić information content (AvgIpc) is 2.54. The van der Waals surface area contributed by atoms with E-state index in [-0.39, 0.29) is 11.5 Å². The van der Waals surface area contributed by atoms with Gasteiger partial charge < -0.3 is 5.73 Å². The number of nitrogens with two attached hydrogens (primary N) is 1. The Morgan fingerprint density at radius 2 is 2.08 bits per heavy atom. The van der Waals surface area contributed by atoms with E-state index in [0.29, 0.717) is 5.92 Å². The Morgan fingerprint density at radius 3 is 2.54 bits per heavy atom. The smallest absolute Gasteiger partial charge is 0.115 e. The molecular formula is C10H15N3. The topological polar surface area (TPSA) is 51.8 Å². The predicted octanol–water partition coefficient (Wildman–Crippen LogP) is 1.24. The first-order valence-electron chi connectivity index (χ1n) is 4.57. The third-order valence-electron chi connectivity index (χ3n) is 3.20. The molecule has 0 aliphatic heterocycles. The van der Waals surface area contributed by atoms with Crippen LogP contribution in [0.25, 0.3) is 0 Å². The minimum absolute atomic E-state index is 0.218. The molecule has 1 aliphatic rings. The van der Waals surface area contributed by atoms with Gasteiger partial charge in [-0.3, -0.25) is 0 Å². The SMILES string of the molecule is Cc1ncncc1[C@H]1[C@H](N)C1(C)C. The quantitative estimate of drug-likeness (QED) is 0.702. The monoisotopic (exact) mass is 177 g/mol. The van der Waals surface area contributed by atoms with Gasteiger partial charge in [0.1, 0.15) is 6.33 Å². The number of hydrogen-bond acceptors (Lipinski definition) is 3. The maximum Gasteiger partial charge on any atom is 0.115 e. The molecule has 1 aliphatic carbocycles. The molecule has 13 heavy (non-hydrogen) atoms. The molecule has 1 heterocycles. The van der Waals surface area contributed by atoms with Crippen LogP contribution in [0.3, 0.4) is 0 Å². The van der Waals surface area contributed by atoms with Crippen LogP contribution in [-0.2, 0) is 0 Å². The van der Waals surface area contributed by atoms with Crippen LogP contribution in [-0.4, -0.2) is 16.0 Å². The fourth-order valence-corrected chi connectivity index (χ4v) is 1.98. The molecule has 3 nitrogen and oxygen atoms in total. The van der Waals surface area contributed by atoms with E-state index in [9.17, 15) is 0 Å². The van der Waals surface area contributed by atoms with Gasteiger partial charge in [-0.15, -0.1) is 0 Å². The summed E-state index contributed by atoms with van der Waals surface area (Å²) in [5, 5.41) is 0. The van der Waals surface area contributed by atoms with Crippen molar-refractivity contribution in [1.29, 1.82) is 0 Å². The molecule has 2 rings (SSSR count). The lowest BCUT2D eigenvalue weighted by Gasteiger charge is -2.04. The minimum Gasteiger partial charge on any atom is -0.327 e. The van der Waals surface area contributed by atoms with Crippen LogP contribution in [0.5, 0.6) is 0 Å². The highest BCUT2D eigenvalue weighted by molar-refractivity contribution is 5.34. The maximum absolute atomic E-state index is 5.99. The van der Waals surface area contributed by atoms with E-state index in [4.69, 9.17) is 5.73 Å². The number of nitrogens with zero attached hydrogens (tertiary/aromatic N) is 2. The van der Waals surface area contributed by atoms with Crippen molar-refractivity contribution in [2.24, 2.45) is 11.1 Å². The molecule has 1 aromatic rings. The van der Waals surface area contributed by atoms with E-state index < -0.39 is 0 Å². The van der Waals surface area contributed by atoms with Crippen LogP contribution >= 0.6 is 0 Å². The van der Waals surface area contributed by atoms with Crippen LogP contribution in [0, 0.1) is 12.3 Å². The molecule has 3 heteroatoms. The summed E-state index contributed by atoms with van der Waals surface area (Å²) in [7, 11) is 0. The predicted molar refractivity (Wildman–Crippen MR) is 51.3 cm³/mol. The molecule has 0 unspecified atom stereocenters. The molecule has 0 bridgehead atoms. The lowest BCUT2D eigenvalue weighted by molar-refractivity contribution is 0.597. The standard InChI is InChI=1S/C10H15N3/c1-6-7(4-12-5-13-6)8-9(11)10(8,2)3/h4-5,8-9H,11H2,1-3H3/t8-,9-/m0/s1. The molecule has 2 N–H and O–H groups in total. The average molecular weight is 177 g/mol. The summed E-state index contributed by atoms with van der Waals surface area (Å²) >= 11 is 0. The summed E-state index contributed by atoms with van der Waals surface area (Å²) in [6.07, 6.45) is 3.47. The van der Waals surface area contributed by atoms with E-state index in [1.54, 1.807) is 6.33 Å². The first kappa shape index (κ1) is 8.63. The molecule has 0 amide bonds. The molecule has 2 atom stereocenters. The van der Waals surface area contributed by atoms with Crippen molar-refractivity contribution in [3.63, 3.8) is 0 Å². The van der Waals surface area contributed by atoms with Crippen LogP contribution in [0.1, 0.15) is 31.0 Å². The number of aromatic nitrogens is 2. The van der Waals surface area contributed by atoms with Gasteiger partial charge in [0.05, 0.1) is 0 Å². The highest BCUT2D eigenvalue weighted by Gasteiger charge is 2.56. The maximum atomic E-state index is 5.99. The van der Waals surface area contributed by atoms with Gasteiger partial charge in [-0.1, -0.05) is 13.8 Å². The van der Waals surface area contributed by atoms with Crippen LogP contribution in [0.4, 0.5) is 0 Å². The number of hydrogen-bond donors (Lipinski definition) is 1. The Labute approximate surface area is 78.4 Å². The molecule has 0 radical (unpaired) electrons. The largest absolute Gasteiger partial charge is 0.327 e. The van der Waals surface area contributed by atoms with Crippen molar-refractivity contribution in [3.05, 3.63) is 23.8 Å². The van der Waals surface area contributed by atoms with Gasteiger partial charge in [0.2, 0.25) is 0 Å². The minimum atomic E-state index is 0.218. The van der Waals surface area contributed by atoms with Crippen molar-refractivity contribution in [3.8, 4) is 0 Å². The Kier molecular flexibility index (Phi) is 1.67. The summed E-state index contributed by atoms with van der Waals surface area (Å²) in [5.74, 6) is 0.439. The second-order valence-corrected chi connectivity index (χ2v) is 4.39. The van der Waals surface area contributed by atoms with E-state index in [0.717, 1.165) is 5.69 Å². The van der Waals surface area contributed by atoms with Gasteiger partial charge >= 0.3 is 0 Å². The second-order valence-electron chi connectivity index (χ2n) is 4.39. The van der Waals surface area contributed by atoms with Gasteiger partial charge in [-0.2, -0.15) is 0 Å². The van der Waals surface area contributed by atoms with Crippen LogP contribution in [0.2, 0.25) is 0 Å². The normalized spacial score (nSPS) is 30.2. The molecule has 1 fully saturated rings. The highest BCUT2D eigenvalue weighted by Crippen LogP contribution is 2.57. The van der Waals surface area contributed by atoms with Crippen molar-refractivity contribution in [2.75, 3.05) is 0 Å². The van der Waals surface area contributed by atoms with E-state index in [2.05, 4.69) is 23.8 Å². The van der Waals surface area contributed by atoms with Crippen molar-refractivity contribution in [2.45, 2.75) is 32.7 Å². The van der Waals surface area contributed by atoms with Crippen LogP contribution in [0.15, 0.2) is 12.5 Å². The zero-order chi connectivity index (χ0) is 9.64. The molecular weight excluding hydrogens is 162 g/mol. The van der Waals surface area contributed by atoms with Gasteiger partial charge in [0.15, 0.2) is 0 Å². The highest BCUT2D eigenvalue weighted by atomic mass is 14.9. The Balaban J connectivity index is 2.34. The second kappa shape index (κ2) is 2.51. The van der Waals surface area contributed by atoms with Gasteiger partial charge in [0.25, 0.3) is 0 Å². The summed E-state index contributed by atoms with van der Waals surface area (Å²) < 4.78 is 0. The fourth-order valence-electron chi connectivity index (χ4n) is 1.98. The van der Waals surface area contributed by atoms with Gasteiger partial charge in [-0.05, 0) is 17.9 Å². The third-order valence-corrected chi connectivity index (χ3v) is 3.20. The zero-order valence-electron chi connectivity index (χ0n) is 8.28. The first-order chi connectivity index (χ1) is 6.05. The number of aryl methyl sites for hydroxylation is 1. The fraction of sp³-hybridized carbons (Fsp3) is 0.600. The summed E-state index contributed by atoms with van der Waals surface area (Å²) in [6.45, 7) is 6.39. The van der Waals surface area contributed by atoms with Crippen molar-refractivity contribution >= 4 is 0 Å². The molecule has 70 valence electrons. The van der Waals surface area contributed by atoms with E-state index in [1.807, 2.05) is 13.1 Å². The summed E-state index contributed by atoms with van der Waals surface area (Å²) in [4.78, 5) is 8.21. The molecule has 1 aromatic heterocycles. The Morgan fingerprint density at radius 1 is 1.46 bits per heavy atom. The molecule has 0 aromatic carbocycles. The Hall–Kier alpha value is -0.960.